The van der Waals surface area contributed by atoms with E-state index < -0.39 is 12.0 Å². The summed E-state index contributed by atoms with van der Waals surface area (Å²) < 4.78 is 0. The molecule has 1 unspecified atom stereocenters. The second-order valence-corrected chi connectivity index (χ2v) is 5.95. The number of hydrogen-bond donors (Lipinski definition) is 4. The van der Waals surface area contributed by atoms with Crippen molar-refractivity contribution in [1.82, 2.24) is 15.0 Å². The van der Waals surface area contributed by atoms with E-state index in [1.165, 1.54) is 0 Å². The molecule has 0 fully saturated rings. The van der Waals surface area contributed by atoms with Gasteiger partial charge >= 0.3 is 5.97 Å². The van der Waals surface area contributed by atoms with Crippen LogP contribution in [0.1, 0.15) is 6.42 Å². The van der Waals surface area contributed by atoms with E-state index in [1.807, 2.05) is 41.3 Å². The summed E-state index contributed by atoms with van der Waals surface area (Å²) in [7, 11) is 0. The number of aromatic nitrogens is 3. The summed E-state index contributed by atoms with van der Waals surface area (Å²) in [5.74, 6) is -0.514. The number of hydrogen-bond acceptors (Lipinski definition) is 8. The molecule has 0 aliphatic carbocycles. The van der Waals surface area contributed by atoms with Crippen molar-refractivity contribution >= 4 is 48.5 Å². The van der Waals surface area contributed by atoms with E-state index in [4.69, 9.17) is 0 Å². The summed E-state index contributed by atoms with van der Waals surface area (Å²) >= 11 is 8.19. The van der Waals surface area contributed by atoms with Crippen LogP contribution in [0.3, 0.4) is 0 Å². The van der Waals surface area contributed by atoms with Crippen molar-refractivity contribution in [3.05, 3.63) is 36.4 Å². The first-order valence-corrected chi connectivity index (χ1v) is 8.08. The van der Waals surface area contributed by atoms with Gasteiger partial charge in [-0.25, -0.2) is 4.79 Å². The van der Waals surface area contributed by atoms with Gasteiger partial charge in [-0.1, -0.05) is 18.2 Å². The normalized spacial score (nSPS) is 16.9. The van der Waals surface area contributed by atoms with Gasteiger partial charge in [0.05, 0.1) is 0 Å². The minimum Gasteiger partial charge on any atom is -0.480 e. The van der Waals surface area contributed by atoms with Crippen LogP contribution in [0, 0.1) is 0 Å². The number of thiol groups is 2. The monoisotopic (exact) mass is 361 g/mol. The Kier molecular flexibility index (Phi) is 4.91. The maximum atomic E-state index is 11.5. The van der Waals surface area contributed by atoms with Gasteiger partial charge in [-0.2, -0.15) is 15.0 Å². The summed E-state index contributed by atoms with van der Waals surface area (Å²) in [5.41, 5.74) is 1.54. The van der Waals surface area contributed by atoms with E-state index >= 15 is 0 Å². The van der Waals surface area contributed by atoms with Gasteiger partial charge in [-0.05, 0) is 24.6 Å². The zero-order valence-corrected chi connectivity index (χ0v) is 14.3. The third-order valence-corrected chi connectivity index (χ3v) is 3.94. The Morgan fingerprint density at radius 2 is 1.96 bits per heavy atom. The Hall–Kier alpha value is -2.26. The Morgan fingerprint density at radius 3 is 2.67 bits per heavy atom. The molecular weight excluding hydrogens is 346 g/mol. The van der Waals surface area contributed by atoms with Crippen LogP contribution in [0.4, 0.5) is 17.3 Å². The maximum absolute atomic E-state index is 11.5. The third kappa shape index (κ3) is 3.80. The average Bonchev–Trinajstić information content (AvgIpc) is 2.54. The molecular formula is C15H15N5O2S2. The van der Waals surface area contributed by atoms with Crippen molar-refractivity contribution in [2.45, 2.75) is 22.8 Å². The van der Waals surface area contributed by atoms with Crippen molar-refractivity contribution in [3.63, 3.8) is 0 Å². The first-order chi connectivity index (χ1) is 11.5. The van der Waals surface area contributed by atoms with Crippen LogP contribution in [-0.4, -0.2) is 38.6 Å². The van der Waals surface area contributed by atoms with E-state index in [1.54, 1.807) is 0 Å². The summed E-state index contributed by atoms with van der Waals surface area (Å²) in [6, 6.07) is 6.85. The number of carboxylic acid groups (broad SMARTS) is 1. The minimum atomic E-state index is -0.838. The van der Waals surface area contributed by atoms with Gasteiger partial charge in [0.2, 0.25) is 5.95 Å². The Balaban J connectivity index is 1.86. The Morgan fingerprint density at radius 1 is 1.21 bits per heavy atom. The summed E-state index contributed by atoms with van der Waals surface area (Å²) in [6.07, 6.45) is 4.34. The molecule has 1 aliphatic rings. The Labute approximate surface area is 149 Å². The quantitative estimate of drug-likeness (QED) is 0.491. The van der Waals surface area contributed by atoms with Gasteiger partial charge in [0, 0.05) is 17.9 Å². The lowest BCUT2D eigenvalue weighted by atomic mass is 10.1. The number of nitrogens with one attached hydrogen (secondary N) is 1. The van der Waals surface area contributed by atoms with Crippen LogP contribution in [0.25, 0.3) is 0 Å². The van der Waals surface area contributed by atoms with Crippen LogP contribution in [0.2, 0.25) is 0 Å². The van der Waals surface area contributed by atoms with Gasteiger partial charge in [0.15, 0.2) is 10.3 Å². The van der Waals surface area contributed by atoms with Gasteiger partial charge in [-0.3, -0.25) is 0 Å². The van der Waals surface area contributed by atoms with Crippen molar-refractivity contribution in [3.8, 4) is 0 Å². The molecule has 0 saturated carbocycles. The maximum Gasteiger partial charge on any atom is 0.326 e. The Bertz CT molecular complexity index is 779. The van der Waals surface area contributed by atoms with Crippen LogP contribution in [0.5, 0.6) is 0 Å². The third-order valence-electron chi connectivity index (χ3n) is 3.54. The zero-order chi connectivity index (χ0) is 17.1. The van der Waals surface area contributed by atoms with Gasteiger partial charge < -0.3 is 15.3 Å². The predicted molar refractivity (Wildman–Crippen MR) is 96.6 cm³/mol. The molecule has 1 aromatic heterocycles. The van der Waals surface area contributed by atoms with E-state index in [0.717, 1.165) is 11.4 Å². The van der Waals surface area contributed by atoms with Crippen LogP contribution >= 0.6 is 25.3 Å². The van der Waals surface area contributed by atoms with E-state index in [-0.39, 0.29) is 10.3 Å². The fraction of sp³-hybridized carbons (Fsp3) is 0.200. The zero-order valence-electron chi connectivity index (χ0n) is 12.5. The van der Waals surface area contributed by atoms with E-state index in [0.29, 0.717) is 18.9 Å². The SMILES string of the molecule is O=C(O)C1CC=CCN1c1cccc(Nc2nc(S)nc(S)n2)c1. The number of carbonyl (C=O) groups is 1. The molecule has 2 aromatic rings. The van der Waals surface area contributed by atoms with Gasteiger partial charge in [-0.15, -0.1) is 25.3 Å². The highest BCUT2D eigenvalue weighted by molar-refractivity contribution is 7.80. The average molecular weight is 361 g/mol. The lowest BCUT2D eigenvalue weighted by Crippen LogP contribution is -2.43. The summed E-state index contributed by atoms with van der Waals surface area (Å²) in [4.78, 5) is 25.3. The smallest absolute Gasteiger partial charge is 0.326 e. The summed E-state index contributed by atoms with van der Waals surface area (Å²) in [6.45, 7) is 0.549. The van der Waals surface area contributed by atoms with Crippen LogP contribution in [-0.2, 0) is 4.79 Å². The van der Waals surface area contributed by atoms with Crippen molar-refractivity contribution in [1.29, 1.82) is 0 Å². The second kappa shape index (κ2) is 7.10. The topological polar surface area (TPSA) is 91.2 Å². The molecule has 1 aromatic carbocycles. The molecule has 0 radical (unpaired) electrons. The number of aliphatic carboxylic acids is 1. The van der Waals surface area contributed by atoms with Crippen LogP contribution < -0.4 is 10.2 Å². The highest BCUT2D eigenvalue weighted by Crippen LogP contribution is 2.26. The molecule has 2 heterocycles. The number of benzene rings is 1. The molecule has 24 heavy (non-hydrogen) atoms. The molecule has 1 aliphatic heterocycles. The standard InChI is InChI=1S/C15H15N5O2S2/c21-12(22)11-6-1-2-7-20(11)10-5-3-4-9(8-10)16-13-17-14(23)19-15(24)18-13/h1-5,8,11H,6-7H2,(H,21,22)(H3,16,17,18,19,23,24). The highest BCUT2D eigenvalue weighted by Gasteiger charge is 2.26. The van der Waals surface area contributed by atoms with Gasteiger partial charge in [0.25, 0.3) is 0 Å². The summed E-state index contributed by atoms with van der Waals surface area (Å²) in [5, 5.41) is 13.0. The van der Waals surface area contributed by atoms with Crippen LogP contribution in [0.15, 0.2) is 46.7 Å². The molecule has 0 spiro atoms. The van der Waals surface area contributed by atoms with Crippen molar-refractivity contribution < 1.29 is 9.90 Å². The molecule has 9 heteroatoms. The fourth-order valence-electron chi connectivity index (χ4n) is 2.49. The van der Waals surface area contributed by atoms with E-state index in [2.05, 4.69) is 45.5 Å². The molecule has 124 valence electrons. The predicted octanol–water partition coefficient (Wildman–Crippen LogP) is 2.41. The minimum absolute atomic E-state index is 0.265. The second-order valence-electron chi connectivity index (χ2n) is 5.15. The largest absolute Gasteiger partial charge is 0.480 e. The molecule has 2 N–H and O–H groups in total. The van der Waals surface area contributed by atoms with Crippen molar-refractivity contribution in [2.24, 2.45) is 0 Å². The molecule has 3 rings (SSSR count). The lowest BCUT2D eigenvalue weighted by molar-refractivity contribution is -0.138. The lowest BCUT2D eigenvalue weighted by Gasteiger charge is -2.32. The first kappa shape index (κ1) is 16.6. The molecule has 7 nitrogen and oxygen atoms in total. The molecule has 0 amide bonds. The number of anilines is 3. The highest BCUT2D eigenvalue weighted by atomic mass is 32.1. The molecule has 0 bridgehead atoms. The number of rotatable bonds is 4. The number of carboxylic acids is 1. The fourth-order valence-corrected chi connectivity index (χ4v) is 2.95. The number of nitrogens with zero attached hydrogens (tertiary/aromatic N) is 4. The molecule has 0 saturated heterocycles. The first-order valence-electron chi connectivity index (χ1n) is 7.18. The van der Waals surface area contributed by atoms with Gasteiger partial charge in [0.1, 0.15) is 6.04 Å². The van der Waals surface area contributed by atoms with Crippen molar-refractivity contribution in [2.75, 3.05) is 16.8 Å². The van der Waals surface area contributed by atoms with E-state index in [9.17, 15) is 9.90 Å². The molecule has 1 atom stereocenters.